The third-order valence-electron chi connectivity index (χ3n) is 5.00. The highest BCUT2D eigenvalue weighted by atomic mass is 15.4. The fourth-order valence-electron chi connectivity index (χ4n) is 3.80. The molecule has 0 saturated heterocycles. The van der Waals surface area contributed by atoms with E-state index in [1.807, 2.05) is 10.6 Å². The number of anilines is 1. The molecule has 25 heavy (non-hydrogen) atoms. The van der Waals surface area contributed by atoms with Crippen molar-refractivity contribution in [2.24, 2.45) is 21.5 Å². The first-order valence-corrected chi connectivity index (χ1v) is 8.54. The lowest BCUT2D eigenvalue weighted by Gasteiger charge is -2.46. The second-order valence-electron chi connectivity index (χ2n) is 6.66. The molecule has 8 heteroatoms. The summed E-state index contributed by atoms with van der Waals surface area (Å²) in [5.74, 6) is 0.668. The normalized spacial score (nSPS) is 19.6. The molecule has 2 aromatic rings. The number of guanidine groups is 2. The predicted octanol–water partition coefficient (Wildman–Crippen LogP) is 1.69. The maximum absolute atomic E-state index is 6.33. The Hall–Kier alpha value is -2.90. The van der Waals surface area contributed by atoms with Crippen LogP contribution in [0, 0.1) is 6.92 Å². The van der Waals surface area contributed by atoms with Crippen molar-refractivity contribution in [3.63, 3.8) is 0 Å². The minimum absolute atomic E-state index is 0.267. The van der Waals surface area contributed by atoms with Crippen molar-refractivity contribution in [3.8, 4) is 5.69 Å². The van der Waals surface area contributed by atoms with E-state index in [1.165, 1.54) is 6.42 Å². The smallest absolute Gasteiger partial charge is 0.220 e. The van der Waals surface area contributed by atoms with Gasteiger partial charge < -0.3 is 11.5 Å². The van der Waals surface area contributed by atoms with E-state index in [9.17, 15) is 0 Å². The molecule has 0 atom stereocenters. The number of nitrogens with zero attached hydrogens (tertiary/aromatic N) is 6. The van der Waals surface area contributed by atoms with Crippen molar-refractivity contribution in [3.05, 3.63) is 36.4 Å². The van der Waals surface area contributed by atoms with E-state index in [4.69, 9.17) is 16.5 Å². The van der Waals surface area contributed by atoms with Crippen LogP contribution in [0.1, 0.15) is 37.7 Å². The summed E-state index contributed by atoms with van der Waals surface area (Å²) in [6, 6.07) is 6.18. The molecule has 8 nitrogen and oxygen atoms in total. The number of rotatable bonds is 2. The number of benzene rings is 1. The highest BCUT2D eigenvalue weighted by Gasteiger charge is 2.43. The summed E-state index contributed by atoms with van der Waals surface area (Å²) >= 11 is 0. The molecule has 1 aromatic carbocycles. The van der Waals surface area contributed by atoms with E-state index < -0.39 is 5.66 Å². The van der Waals surface area contributed by atoms with Crippen LogP contribution < -0.4 is 16.4 Å². The molecular weight excluding hydrogens is 316 g/mol. The average Bonchev–Trinajstić information content (AvgIpc) is 3.11. The highest BCUT2D eigenvalue weighted by Crippen LogP contribution is 2.40. The molecular formula is C17H22N8. The molecule has 1 aromatic heterocycles. The summed E-state index contributed by atoms with van der Waals surface area (Å²) in [4.78, 5) is 11.0. The lowest BCUT2D eigenvalue weighted by molar-refractivity contribution is 0.305. The van der Waals surface area contributed by atoms with Crippen LogP contribution in [-0.2, 0) is 0 Å². The van der Waals surface area contributed by atoms with Gasteiger partial charge in [-0.1, -0.05) is 12.5 Å². The highest BCUT2D eigenvalue weighted by molar-refractivity contribution is 6.06. The van der Waals surface area contributed by atoms with Crippen LogP contribution in [0.3, 0.4) is 0 Å². The Morgan fingerprint density at radius 1 is 1.04 bits per heavy atom. The molecule has 0 unspecified atom stereocenters. The van der Waals surface area contributed by atoms with Gasteiger partial charge in [-0.05, 0) is 50.3 Å². The van der Waals surface area contributed by atoms with Gasteiger partial charge in [-0.3, -0.25) is 9.47 Å². The first-order chi connectivity index (χ1) is 12.1. The van der Waals surface area contributed by atoms with Gasteiger partial charge in [0, 0.05) is 0 Å². The first-order valence-electron chi connectivity index (χ1n) is 8.54. The number of nitrogens with two attached hydrogens (primary N) is 2. The van der Waals surface area contributed by atoms with Gasteiger partial charge in [0.25, 0.3) is 0 Å². The van der Waals surface area contributed by atoms with Gasteiger partial charge >= 0.3 is 0 Å². The third-order valence-corrected chi connectivity index (χ3v) is 5.00. The largest absolute Gasteiger partial charge is 0.369 e. The van der Waals surface area contributed by atoms with Crippen LogP contribution in [-0.4, -0.2) is 32.3 Å². The van der Waals surface area contributed by atoms with Crippen LogP contribution in [0.2, 0.25) is 0 Å². The van der Waals surface area contributed by atoms with Crippen LogP contribution in [0.5, 0.6) is 0 Å². The molecule has 2 aliphatic rings. The van der Waals surface area contributed by atoms with Gasteiger partial charge in [-0.15, -0.1) is 10.2 Å². The lowest BCUT2D eigenvalue weighted by Crippen LogP contribution is -2.58. The molecule has 1 aliphatic heterocycles. The Labute approximate surface area is 146 Å². The number of aromatic nitrogens is 3. The fourth-order valence-corrected chi connectivity index (χ4v) is 3.80. The summed E-state index contributed by atoms with van der Waals surface area (Å²) < 4.78 is 1.87. The molecule has 0 amide bonds. The first kappa shape index (κ1) is 15.6. The zero-order valence-electron chi connectivity index (χ0n) is 14.3. The van der Waals surface area contributed by atoms with Crippen molar-refractivity contribution >= 4 is 17.6 Å². The van der Waals surface area contributed by atoms with E-state index in [0.29, 0.717) is 5.96 Å². The number of hydrogen-bond donors (Lipinski definition) is 2. The van der Waals surface area contributed by atoms with E-state index in [0.717, 1.165) is 42.6 Å². The number of aryl methyl sites for hydroxylation is 1. The third kappa shape index (κ3) is 2.63. The molecule has 2 heterocycles. The van der Waals surface area contributed by atoms with E-state index in [-0.39, 0.29) is 5.96 Å². The van der Waals surface area contributed by atoms with Gasteiger partial charge in [0.05, 0.1) is 11.4 Å². The van der Waals surface area contributed by atoms with E-state index >= 15 is 0 Å². The molecule has 4 rings (SSSR count). The fraction of sp³-hybridized carbons (Fsp3) is 0.412. The molecule has 4 N–H and O–H groups in total. The maximum Gasteiger partial charge on any atom is 0.220 e. The molecule has 1 aliphatic carbocycles. The summed E-state index contributed by atoms with van der Waals surface area (Å²) in [5.41, 5.74) is 14.9. The van der Waals surface area contributed by atoms with Crippen molar-refractivity contribution < 1.29 is 0 Å². The van der Waals surface area contributed by atoms with Gasteiger partial charge in [0.1, 0.15) is 18.3 Å². The quantitative estimate of drug-likeness (QED) is 0.865. The lowest BCUT2D eigenvalue weighted by atomic mass is 9.87. The second kappa shape index (κ2) is 5.87. The number of aliphatic imine (C=N–C) groups is 2. The topological polar surface area (TPSA) is 111 Å². The van der Waals surface area contributed by atoms with Gasteiger partial charge in [0.2, 0.25) is 11.9 Å². The van der Waals surface area contributed by atoms with Crippen LogP contribution >= 0.6 is 0 Å². The Balaban J connectivity index is 1.84. The molecule has 1 spiro atoms. The van der Waals surface area contributed by atoms with Crippen LogP contribution in [0.4, 0.5) is 5.69 Å². The molecule has 0 bridgehead atoms. The van der Waals surface area contributed by atoms with Crippen molar-refractivity contribution in [1.29, 1.82) is 0 Å². The summed E-state index contributed by atoms with van der Waals surface area (Å²) in [5, 5.41) is 7.77. The molecule has 1 saturated carbocycles. The Kier molecular flexibility index (Phi) is 3.67. The van der Waals surface area contributed by atoms with Crippen LogP contribution in [0.15, 0.2) is 40.8 Å². The monoisotopic (exact) mass is 338 g/mol. The molecule has 0 radical (unpaired) electrons. The Morgan fingerprint density at radius 2 is 1.76 bits per heavy atom. The van der Waals surface area contributed by atoms with E-state index in [1.54, 1.807) is 12.7 Å². The van der Waals surface area contributed by atoms with Crippen molar-refractivity contribution in [2.45, 2.75) is 44.7 Å². The van der Waals surface area contributed by atoms with Gasteiger partial charge in [-0.25, -0.2) is 4.99 Å². The number of hydrogen-bond acceptors (Lipinski definition) is 7. The van der Waals surface area contributed by atoms with Gasteiger partial charge in [-0.2, -0.15) is 4.99 Å². The Bertz CT molecular complexity index is 830. The summed E-state index contributed by atoms with van der Waals surface area (Å²) in [7, 11) is 0. The summed E-state index contributed by atoms with van der Waals surface area (Å²) in [6.07, 6.45) is 8.60. The zero-order valence-corrected chi connectivity index (χ0v) is 14.3. The zero-order chi connectivity index (χ0) is 17.4. The minimum Gasteiger partial charge on any atom is -0.369 e. The second-order valence-corrected chi connectivity index (χ2v) is 6.66. The average molecular weight is 338 g/mol. The van der Waals surface area contributed by atoms with Gasteiger partial charge in [0.15, 0.2) is 0 Å². The SMILES string of the molecule is Cc1ccc(-n2cnnc2)cc1N1C(N)=NC(N)=NC12CCCCC2. The molecule has 130 valence electrons. The van der Waals surface area contributed by atoms with Crippen molar-refractivity contribution in [1.82, 2.24) is 14.8 Å². The Morgan fingerprint density at radius 3 is 2.48 bits per heavy atom. The predicted molar refractivity (Wildman–Crippen MR) is 97.6 cm³/mol. The van der Waals surface area contributed by atoms with E-state index in [2.05, 4.69) is 39.1 Å². The van der Waals surface area contributed by atoms with Crippen LogP contribution in [0.25, 0.3) is 5.69 Å². The standard InChI is InChI=1S/C17H22N8/c1-12-5-6-13(24-10-20-21-11-24)9-14(12)25-16(19)22-15(18)23-17(25)7-3-2-4-8-17/h5-6,9-11H,2-4,7-8H2,1H3,(H4,18,19,22,23). The molecule has 1 fully saturated rings. The maximum atomic E-state index is 6.33. The summed E-state index contributed by atoms with van der Waals surface area (Å²) in [6.45, 7) is 2.07. The van der Waals surface area contributed by atoms with Crippen molar-refractivity contribution in [2.75, 3.05) is 4.90 Å². The minimum atomic E-state index is -0.440.